The lowest BCUT2D eigenvalue weighted by atomic mass is 10.2. The molecule has 0 spiro atoms. The highest BCUT2D eigenvalue weighted by Crippen LogP contribution is 2.25. The Balaban J connectivity index is 1.74. The van der Waals surface area contributed by atoms with E-state index >= 15 is 0 Å². The first-order valence-electron chi connectivity index (χ1n) is 6.98. The van der Waals surface area contributed by atoms with Crippen LogP contribution in [0, 0.1) is 0 Å². The summed E-state index contributed by atoms with van der Waals surface area (Å²) in [7, 11) is 0. The third-order valence-electron chi connectivity index (χ3n) is 3.30. The average Bonchev–Trinajstić information content (AvgIpc) is 3.21. The zero-order chi connectivity index (χ0) is 14.9. The van der Waals surface area contributed by atoms with E-state index in [9.17, 15) is 0 Å². The molecule has 0 amide bonds. The SMILES string of the molecule is CCc1nc2cc(-c3noc(-c4ccccn4)n3)ccc2o1. The Morgan fingerprint density at radius 2 is 2.05 bits per heavy atom. The fourth-order valence-electron chi connectivity index (χ4n) is 2.20. The van der Waals surface area contributed by atoms with Crippen molar-refractivity contribution in [2.24, 2.45) is 0 Å². The molecule has 108 valence electrons. The van der Waals surface area contributed by atoms with E-state index in [-0.39, 0.29) is 0 Å². The standard InChI is InChI=1S/C16H12N4O2/c1-2-14-18-12-9-10(6-7-13(12)21-14)15-19-16(22-20-15)11-5-3-4-8-17-11/h3-9H,2H2,1H3. The molecule has 3 aromatic heterocycles. The largest absolute Gasteiger partial charge is 0.441 e. The summed E-state index contributed by atoms with van der Waals surface area (Å²) >= 11 is 0. The highest BCUT2D eigenvalue weighted by atomic mass is 16.5. The molecular formula is C16H12N4O2. The molecule has 0 aliphatic carbocycles. The van der Waals surface area contributed by atoms with Crippen molar-refractivity contribution in [3.63, 3.8) is 0 Å². The summed E-state index contributed by atoms with van der Waals surface area (Å²) in [6.07, 6.45) is 2.45. The molecule has 0 unspecified atom stereocenters. The Labute approximate surface area is 125 Å². The van der Waals surface area contributed by atoms with Crippen molar-refractivity contribution in [3.8, 4) is 23.0 Å². The number of fused-ring (bicyclic) bond motifs is 1. The number of benzene rings is 1. The van der Waals surface area contributed by atoms with Gasteiger partial charge in [0, 0.05) is 18.2 Å². The Hall–Kier alpha value is -3.02. The van der Waals surface area contributed by atoms with Crippen molar-refractivity contribution in [2.45, 2.75) is 13.3 Å². The number of aromatic nitrogens is 4. The first-order valence-corrected chi connectivity index (χ1v) is 6.98. The fraction of sp³-hybridized carbons (Fsp3) is 0.125. The molecule has 0 bridgehead atoms. The molecule has 6 nitrogen and oxygen atoms in total. The molecule has 4 aromatic rings. The van der Waals surface area contributed by atoms with Gasteiger partial charge < -0.3 is 8.94 Å². The minimum Gasteiger partial charge on any atom is -0.441 e. The highest BCUT2D eigenvalue weighted by Gasteiger charge is 2.13. The summed E-state index contributed by atoms with van der Waals surface area (Å²) in [5.74, 6) is 1.61. The lowest BCUT2D eigenvalue weighted by Gasteiger charge is -1.93. The average molecular weight is 292 g/mol. The van der Waals surface area contributed by atoms with E-state index in [0.29, 0.717) is 17.4 Å². The second kappa shape index (κ2) is 5.07. The topological polar surface area (TPSA) is 77.8 Å². The maximum Gasteiger partial charge on any atom is 0.276 e. The molecule has 0 atom stereocenters. The van der Waals surface area contributed by atoms with Gasteiger partial charge in [-0.2, -0.15) is 4.98 Å². The Morgan fingerprint density at radius 3 is 2.86 bits per heavy atom. The second-order valence-electron chi connectivity index (χ2n) is 4.78. The van der Waals surface area contributed by atoms with Crippen LogP contribution >= 0.6 is 0 Å². The van der Waals surface area contributed by atoms with Gasteiger partial charge in [-0.3, -0.25) is 4.98 Å². The van der Waals surface area contributed by atoms with Crippen LogP contribution in [0.5, 0.6) is 0 Å². The molecular weight excluding hydrogens is 280 g/mol. The van der Waals surface area contributed by atoms with E-state index in [1.165, 1.54) is 0 Å². The van der Waals surface area contributed by atoms with Gasteiger partial charge >= 0.3 is 0 Å². The molecule has 0 aliphatic heterocycles. The molecule has 0 saturated heterocycles. The predicted molar refractivity (Wildman–Crippen MR) is 79.9 cm³/mol. The molecule has 0 radical (unpaired) electrons. The third kappa shape index (κ3) is 2.14. The van der Waals surface area contributed by atoms with Crippen LogP contribution in [0.2, 0.25) is 0 Å². The van der Waals surface area contributed by atoms with Gasteiger partial charge in [-0.1, -0.05) is 18.1 Å². The number of hydrogen-bond acceptors (Lipinski definition) is 6. The summed E-state index contributed by atoms with van der Waals surface area (Å²) < 4.78 is 10.9. The molecule has 6 heteroatoms. The van der Waals surface area contributed by atoms with Crippen LogP contribution in [0.25, 0.3) is 34.1 Å². The zero-order valence-electron chi connectivity index (χ0n) is 11.9. The minimum atomic E-state index is 0.394. The van der Waals surface area contributed by atoms with Crippen molar-refractivity contribution in [1.82, 2.24) is 20.1 Å². The molecule has 0 saturated carbocycles. The van der Waals surface area contributed by atoms with Crippen LogP contribution in [0.4, 0.5) is 0 Å². The number of aryl methyl sites for hydroxylation is 1. The van der Waals surface area contributed by atoms with Crippen LogP contribution in [-0.4, -0.2) is 20.1 Å². The maximum absolute atomic E-state index is 5.60. The summed E-state index contributed by atoms with van der Waals surface area (Å²) in [5, 5.41) is 4.01. The number of pyridine rings is 1. The molecule has 0 N–H and O–H groups in total. The van der Waals surface area contributed by atoms with Crippen LogP contribution in [0.3, 0.4) is 0 Å². The Morgan fingerprint density at radius 1 is 1.09 bits per heavy atom. The van der Waals surface area contributed by atoms with Crippen molar-refractivity contribution in [1.29, 1.82) is 0 Å². The van der Waals surface area contributed by atoms with Crippen molar-refractivity contribution >= 4 is 11.1 Å². The number of nitrogens with zero attached hydrogens (tertiary/aromatic N) is 4. The van der Waals surface area contributed by atoms with Gasteiger partial charge in [0.2, 0.25) is 5.82 Å². The van der Waals surface area contributed by atoms with Crippen LogP contribution in [0.1, 0.15) is 12.8 Å². The van der Waals surface area contributed by atoms with Crippen LogP contribution in [0.15, 0.2) is 51.5 Å². The predicted octanol–water partition coefficient (Wildman–Crippen LogP) is 3.50. The van der Waals surface area contributed by atoms with E-state index in [0.717, 1.165) is 29.0 Å². The Bertz CT molecular complexity index is 928. The van der Waals surface area contributed by atoms with Gasteiger partial charge in [-0.15, -0.1) is 0 Å². The maximum atomic E-state index is 5.60. The summed E-state index contributed by atoms with van der Waals surface area (Å²) in [5.41, 5.74) is 3.03. The summed E-state index contributed by atoms with van der Waals surface area (Å²) in [4.78, 5) is 13.0. The number of oxazole rings is 1. The van der Waals surface area contributed by atoms with E-state index in [4.69, 9.17) is 8.94 Å². The van der Waals surface area contributed by atoms with Gasteiger partial charge in [-0.25, -0.2) is 4.98 Å². The number of hydrogen-bond donors (Lipinski definition) is 0. The molecule has 22 heavy (non-hydrogen) atoms. The normalized spacial score (nSPS) is 11.1. The zero-order valence-corrected chi connectivity index (χ0v) is 11.9. The second-order valence-corrected chi connectivity index (χ2v) is 4.78. The molecule has 3 heterocycles. The van der Waals surface area contributed by atoms with Crippen LogP contribution in [-0.2, 0) is 6.42 Å². The molecule has 1 aromatic carbocycles. The fourth-order valence-corrected chi connectivity index (χ4v) is 2.20. The molecule has 4 rings (SSSR count). The van der Waals surface area contributed by atoms with Crippen LogP contribution < -0.4 is 0 Å². The lowest BCUT2D eigenvalue weighted by Crippen LogP contribution is -1.83. The quantitative estimate of drug-likeness (QED) is 0.575. The Kier molecular flexibility index (Phi) is 2.93. The van der Waals surface area contributed by atoms with E-state index in [1.807, 2.05) is 43.3 Å². The lowest BCUT2D eigenvalue weighted by molar-refractivity contribution is 0.431. The van der Waals surface area contributed by atoms with E-state index in [1.54, 1.807) is 6.20 Å². The highest BCUT2D eigenvalue weighted by molar-refractivity contribution is 5.78. The third-order valence-corrected chi connectivity index (χ3v) is 3.30. The van der Waals surface area contributed by atoms with E-state index in [2.05, 4.69) is 20.1 Å². The minimum absolute atomic E-state index is 0.394. The molecule has 0 fully saturated rings. The van der Waals surface area contributed by atoms with Crippen molar-refractivity contribution in [3.05, 3.63) is 48.5 Å². The van der Waals surface area contributed by atoms with Gasteiger partial charge in [0.15, 0.2) is 11.5 Å². The van der Waals surface area contributed by atoms with Gasteiger partial charge in [0.05, 0.1) is 0 Å². The number of rotatable bonds is 3. The first kappa shape index (κ1) is 12.7. The van der Waals surface area contributed by atoms with Crippen molar-refractivity contribution < 1.29 is 8.94 Å². The van der Waals surface area contributed by atoms with E-state index < -0.39 is 0 Å². The van der Waals surface area contributed by atoms with Gasteiger partial charge in [0.1, 0.15) is 11.2 Å². The summed E-state index contributed by atoms with van der Waals surface area (Å²) in [6, 6.07) is 11.2. The van der Waals surface area contributed by atoms with Gasteiger partial charge in [0.25, 0.3) is 5.89 Å². The molecule has 0 aliphatic rings. The smallest absolute Gasteiger partial charge is 0.276 e. The monoisotopic (exact) mass is 292 g/mol. The van der Waals surface area contributed by atoms with Crippen molar-refractivity contribution in [2.75, 3.05) is 0 Å². The first-order chi connectivity index (χ1) is 10.8. The van der Waals surface area contributed by atoms with Gasteiger partial charge in [-0.05, 0) is 30.3 Å². The summed E-state index contributed by atoms with van der Waals surface area (Å²) in [6.45, 7) is 2.00.